The van der Waals surface area contributed by atoms with E-state index >= 15 is 0 Å². The molecule has 1 atom stereocenters. The summed E-state index contributed by atoms with van der Waals surface area (Å²) in [7, 11) is 0. The topological polar surface area (TPSA) is 90.0 Å². The maximum absolute atomic E-state index is 12.6. The SMILES string of the molecule is Cc1nc(S[C@H](C)C(=O)Nc2sccc2C(N)=O)n(C2CCCC2)c1C. The minimum Gasteiger partial charge on any atom is -0.366 e. The Morgan fingerprint density at radius 3 is 2.73 bits per heavy atom. The maximum atomic E-state index is 12.6. The summed E-state index contributed by atoms with van der Waals surface area (Å²) >= 11 is 2.76. The molecule has 2 aromatic rings. The zero-order valence-electron chi connectivity index (χ0n) is 15.2. The molecule has 1 aliphatic rings. The van der Waals surface area contributed by atoms with Gasteiger partial charge in [-0.3, -0.25) is 9.59 Å². The van der Waals surface area contributed by atoms with Crippen molar-refractivity contribution in [1.29, 1.82) is 0 Å². The highest BCUT2D eigenvalue weighted by atomic mass is 32.2. The van der Waals surface area contributed by atoms with E-state index in [2.05, 4.69) is 16.8 Å². The van der Waals surface area contributed by atoms with Crippen molar-refractivity contribution in [3.05, 3.63) is 28.4 Å². The van der Waals surface area contributed by atoms with Gasteiger partial charge >= 0.3 is 0 Å². The van der Waals surface area contributed by atoms with Crippen LogP contribution in [0.5, 0.6) is 0 Å². The summed E-state index contributed by atoms with van der Waals surface area (Å²) in [6.07, 6.45) is 4.83. The van der Waals surface area contributed by atoms with Crippen LogP contribution in [0.1, 0.15) is 60.4 Å². The van der Waals surface area contributed by atoms with E-state index < -0.39 is 5.91 Å². The summed E-state index contributed by atoms with van der Waals surface area (Å²) in [6, 6.07) is 2.10. The number of primary amides is 1. The molecule has 0 saturated heterocycles. The lowest BCUT2D eigenvalue weighted by Gasteiger charge is -2.18. The lowest BCUT2D eigenvalue weighted by Crippen LogP contribution is -2.24. The molecule has 2 amide bonds. The first-order valence-electron chi connectivity index (χ1n) is 8.78. The van der Waals surface area contributed by atoms with Gasteiger partial charge in [0.1, 0.15) is 5.00 Å². The van der Waals surface area contributed by atoms with E-state index in [1.807, 2.05) is 13.8 Å². The largest absolute Gasteiger partial charge is 0.366 e. The predicted octanol–water partition coefficient (Wildman–Crippen LogP) is 3.89. The van der Waals surface area contributed by atoms with Crippen molar-refractivity contribution >= 4 is 39.9 Å². The van der Waals surface area contributed by atoms with E-state index in [4.69, 9.17) is 10.7 Å². The van der Waals surface area contributed by atoms with Gasteiger partial charge in [0.05, 0.1) is 16.5 Å². The maximum Gasteiger partial charge on any atom is 0.251 e. The number of rotatable bonds is 6. The number of anilines is 1. The van der Waals surface area contributed by atoms with Crippen LogP contribution in [0.2, 0.25) is 0 Å². The second-order valence-electron chi connectivity index (χ2n) is 6.65. The number of aryl methyl sites for hydroxylation is 1. The van der Waals surface area contributed by atoms with Crippen molar-refractivity contribution in [2.75, 3.05) is 5.32 Å². The Kier molecular flexibility index (Phi) is 5.72. The predicted molar refractivity (Wildman–Crippen MR) is 106 cm³/mol. The summed E-state index contributed by atoms with van der Waals surface area (Å²) in [6.45, 7) is 5.97. The van der Waals surface area contributed by atoms with E-state index in [9.17, 15) is 9.59 Å². The van der Waals surface area contributed by atoms with E-state index in [0.29, 0.717) is 16.6 Å². The molecule has 0 unspecified atom stereocenters. The third-order valence-electron chi connectivity index (χ3n) is 4.86. The van der Waals surface area contributed by atoms with Crippen LogP contribution >= 0.6 is 23.1 Å². The quantitative estimate of drug-likeness (QED) is 0.730. The van der Waals surface area contributed by atoms with Gasteiger partial charge in [0, 0.05) is 11.7 Å². The molecule has 3 N–H and O–H groups in total. The minimum atomic E-state index is -0.537. The first-order chi connectivity index (χ1) is 12.4. The van der Waals surface area contributed by atoms with Crippen LogP contribution in [0, 0.1) is 13.8 Å². The van der Waals surface area contributed by atoms with Gasteiger partial charge in [-0.1, -0.05) is 24.6 Å². The molecule has 0 spiro atoms. The Balaban J connectivity index is 1.74. The fourth-order valence-corrected chi connectivity index (χ4v) is 5.16. The number of thiophene rings is 1. The smallest absolute Gasteiger partial charge is 0.251 e. The third-order valence-corrected chi connectivity index (χ3v) is 6.76. The summed E-state index contributed by atoms with van der Waals surface area (Å²) in [4.78, 5) is 28.7. The van der Waals surface area contributed by atoms with Crippen LogP contribution in [-0.4, -0.2) is 26.6 Å². The van der Waals surface area contributed by atoms with Crippen molar-refractivity contribution in [2.45, 2.75) is 62.9 Å². The van der Waals surface area contributed by atoms with Gasteiger partial charge in [0.25, 0.3) is 5.91 Å². The lowest BCUT2D eigenvalue weighted by atomic mass is 10.2. The molecule has 0 bridgehead atoms. The first-order valence-corrected chi connectivity index (χ1v) is 10.5. The first kappa shape index (κ1) is 19.0. The van der Waals surface area contributed by atoms with Crippen molar-refractivity contribution in [3.63, 3.8) is 0 Å². The molecule has 140 valence electrons. The second kappa shape index (κ2) is 7.84. The number of hydrogen-bond donors (Lipinski definition) is 2. The Labute approximate surface area is 161 Å². The van der Waals surface area contributed by atoms with Crippen molar-refractivity contribution in [3.8, 4) is 0 Å². The number of nitrogens with two attached hydrogens (primary N) is 1. The Morgan fingerprint density at radius 1 is 1.38 bits per heavy atom. The molecule has 26 heavy (non-hydrogen) atoms. The van der Waals surface area contributed by atoms with Gasteiger partial charge in [-0.2, -0.15) is 0 Å². The molecule has 6 nitrogen and oxygen atoms in total. The second-order valence-corrected chi connectivity index (χ2v) is 8.87. The monoisotopic (exact) mass is 392 g/mol. The fourth-order valence-electron chi connectivity index (χ4n) is 3.30. The molecular formula is C18H24N4O2S2. The van der Waals surface area contributed by atoms with Gasteiger partial charge in [-0.15, -0.1) is 11.3 Å². The van der Waals surface area contributed by atoms with Crippen molar-refractivity contribution < 1.29 is 9.59 Å². The zero-order chi connectivity index (χ0) is 18.8. The van der Waals surface area contributed by atoms with Crippen molar-refractivity contribution in [1.82, 2.24) is 9.55 Å². The zero-order valence-corrected chi connectivity index (χ0v) is 16.9. The van der Waals surface area contributed by atoms with Crippen molar-refractivity contribution in [2.24, 2.45) is 5.73 Å². The fraction of sp³-hybridized carbons (Fsp3) is 0.500. The summed E-state index contributed by atoms with van der Waals surface area (Å²) in [5.41, 5.74) is 7.89. The van der Waals surface area contributed by atoms with Crippen LogP contribution in [0.4, 0.5) is 5.00 Å². The third kappa shape index (κ3) is 3.81. The summed E-state index contributed by atoms with van der Waals surface area (Å²) in [5.74, 6) is -0.693. The normalized spacial score (nSPS) is 16.0. The molecule has 8 heteroatoms. The molecule has 1 fully saturated rings. The van der Waals surface area contributed by atoms with Gasteiger partial charge in [-0.25, -0.2) is 4.98 Å². The van der Waals surface area contributed by atoms with Gasteiger partial charge < -0.3 is 15.6 Å². The number of carbonyl (C=O) groups is 2. The van der Waals surface area contributed by atoms with E-state index in [-0.39, 0.29) is 11.2 Å². The summed E-state index contributed by atoms with van der Waals surface area (Å²) in [5, 5.41) is 5.63. The average Bonchev–Trinajstić information content (AvgIpc) is 3.30. The number of thioether (sulfide) groups is 1. The van der Waals surface area contributed by atoms with Crippen LogP contribution in [0.15, 0.2) is 16.6 Å². The van der Waals surface area contributed by atoms with Gasteiger partial charge in [0.15, 0.2) is 5.16 Å². The number of nitrogens with zero attached hydrogens (tertiary/aromatic N) is 2. The molecule has 3 rings (SSSR count). The molecule has 2 heterocycles. The minimum absolute atomic E-state index is 0.156. The lowest BCUT2D eigenvalue weighted by molar-refractivity contribution is -0.115. The van der Waals surface area contributed by atoms with Gasteiger partial charge in [0.2, 0.25) is 5.91 Å². The molecule has 0 radical (unpaired) electrons. The highest BCUT2D eigenvalue weighted by molar-refractivity contribution is 8.00. The Hall–Kier alpha value is -1.80. The Morgan fingerprint density at radius 2 is 2.08 bits per heavy atom. The van der Waals surface area contributed by atoms with E-state index in [1.54, 1.807) is 11.4 Å². The highest BCUT2D eigenvalue weighted by Gasteiger charge is 2.26. The average molecular weight is 393 g/mol. The van der Waals surface area contributed by atoms with Crippen LogP contribution in [-0.2, 0) is 4.79 Å². The molecular weight excluding hydrogens is 368 g/mol. The van der Waals surface area contributed by atoms with Gasteiger partial charge in [-0.05, 0) is 45.1 Å². The number of hydrogen-bond acceptors (Lipinski definition) is 5. The summed E-state index contributed by atoms with van der Waals surface area (Å²) < 4.78 is 2.30. The number of carbonyl (C=O) groups excluding carboxylic acids is 2. The van der Waals surface area contributed by atoms with Crippen LogP contribution in [0.3, 0.4) is 0 Å². The molecule has 0 aliphatic heterocycles. The standard InChI is InChI=1S/C18H24N4O2S2/c1-10-11(2)22(13-6-4-5-7-13)18(20-10)26-12(3)16(24)21-17-14(15(19)23)8-9-25-17/h8-9,12-13H,4-7H2,1-3H3,(H2,19,23)(H,21,24)/t12-/m1/s1. The molecule has 0 aromatic carbocycles. The van der Waals surface area contributed by atoms with Crippen LogP contribution < -0.4 is 11.1 Å². The Bertz CT molecular complexity index is 821. The highest BCUT2D eigenvalue weighted by Crippen LogP contribution is 2.36. The number of aromatic nitrogens is 2. The number of nitrogens with one attached hydrogen (secondary N) is 1. The molecule has 2 aromatic heterocycles. The van der Waals surface area contributed by atoms with E-state index in [1.165, 1.54) is 54.5 Å². The molecule has 1 aliphatic carbocycles. The molecule has 1 saturated carbocycles. The van der Waals surface area contributed by atoms with E-state index in [0.717, 1.165) is 10.9 Å². The van der Waals surface area contributed by atoms with Crippen LogP contribution in [0.25, 0.3) is 0 Å². The number of imidazole rings is 1. The number of amides is 2.